The molecular weight excluding hydrogens is 875 g/mol. The van der Waals surface area contributed by atoms with Crippen LogP contribution in [0, 0.1) is 58.2 Å². The number of allylic oxidation sites excluding steroid dienone is 4. The minimum absolute atomic E-state index is 0.00976. The number of aromatic amines is 4. The van der Waals surface area contributed by atoms with Crippen LogP contribution in [0.1, 0.15) is 112 Å². The lowest BCUT2D eigenvalue weighted by molar-refractivity contribution is 0.376. The van der Waals surface area contributed by atoms with Crippen molar-refractivity contribution >= 4 is 22.6 Å². The van der Waals surface area contributed by atoms with E-state index in [2.05, 4.69) is 19.9 Å². The highest BCUT2D eigenvalue weighted by Gasteiger charge is 2.39. The summed E-state index contributed by atoms with van der Waals surface area (Å²) in [5.74, 6) is -21.2. The molecule has 2 aromatic carbocycles. The fourth-order valence-electron chi connectivity index (χ4n) is 8.77. The molecule has 0 spiro atoms. The average molecular weight is 915 g/mol. The van der Waals surface area contributed by atoms with Gasteiger partial charge in [0.15, 0.2) is 46.5 Å². The molecule has 340 valence electrons. The Morgan fingerprint density at radius 1 is 0.318 bits per heavy atom. The number of rotatable bonds is 2. The van der Waals surface area contributed by atoms with Crippen molar-refractivity contribution in [3.8, 4) is 0 Å². The van der Waals surface area contributed by atoms with E-state index in [0.29, 0.717) is 45.6 Å². The first-order chi connectivity index (χ1) is 30.9. The van der Waals surface area contributed by atoms with Crippen molar-refractivity contribution in [2.45, 2.75) is 77.0 Å². The van der Waals surface area contributed by atoms with E-state index in [1.807, 2.05) is 27.7 Å². The smallest absolute Gasteiger partial charge is 0.200 e. The highest BCUT2D eigenvalue weighted by atomic mass is 19.2. The minimum Gasteiger partial charge on any atom is -0.361 e. The standard InChI is InChI=1S/C50H40F10N6/c1-47(2)25-13-9-21(61-25)33(35-37(51)41(55)45(59)42(56)38(35)52)22-10-15-27(62-22)49(5,6)31-19-20-32(66-31)50(7,8)28-16-12-24(64-28)34(36-39(53)43(57)46(60)44(58)40(36)54)23-11-14-26(63-23)48(3,4)30-18-17-29(47)65-30/h9-20,61,63,65-66H,1-8H3/b33-22-,34-24+. The van der Waals surface area contributed by atoms with Gasteiger partial charge in [-0.3, -0.25) is 9.98 Å². The first-order valence-corrected chi connectivity index (χ1v) is 20.7. The molecule has 66 heavy (non-hydrogen) atoms. The van der Waals surface area contributed by atoms with Gasteiger partial charge in [0.05, 0.1) is 33.9 Å². The van der Waals surface area contributed by atoms with E-state index < -0.39 is 91.0 Å². The van der Waals surface area contributed by atoms with Gasteiger partial charge in [-0.1, -0.05) is 0 Å². The Morgan fingerprint density at radius 2 is 0.576 bits per heavy atom. The Kier molecular flexibility index (Phi) is 9.98. The monoisotopic (exact) mass is 914 g/mol. The van der Waals surface area contributed by atoms with Crippen LogP contribution in [0.5, 0.6) is 0 Å². The number of nitrogens with zero attached hydrogens (tertiary/aromatic N) is 2. The molecule has 6 aromatic rings. The first-order valence-electron chi connectivity index (χ1n) is 20.7. The lowest BCUT2D eigenvalue weighted by atomic mass is 9.84. The molecule has 3 aliphatic rings. The fraction of sp³-hybridized carbons (Fsp3) is 0.240. The highest BCUT2D eigenvalue weighted by molar-refractivity contribution is 6.08. The number of halogens is 10. The summed E-state index contributed by atoms with van der Waals surface area (Å²) < 4.78 is 152. The summed E-state index contributed by atoms with van der Waals surface area (Å²) in [4.78, 5) is 22.7. The lowest BCUT2D eigenvalue weighted by Gasteiger charge is -2.26. The van der Waals surface area contributed by atoms with E-state index in [9.17, 15) is 26.3 Å². The van der Waals surface area contributed by atoms with Gasteiger partial charge in [-0.05, 0) is 128 Å². The summed E-state index contributed by atoms with van der Waals surface area (Å²) in [6.07, 6.45) is 6.03. The van der Waals surface area contributed by atoms with Crippen LogP contribution in [-0.2, 0) is 21.7 Å². The molecule has 0 radical (unpaired) electrons. The second-order valence-electron chi connectivity index (χ2n) is 18.7. The van der Waals surface area contributed by atoms with Crippen LogP contribution in [0.15, 0.2) is 94.2 Å². The van der Waals surface area contributed by atoms with Gasteiger partial charge < -0.3 is 19.9 Å². The SMILES string of the molecule is CC1(C)C2=N/C(=C(/c3c(F)c(F)c(F)c(F)c3F)c3ccc([nH]3)C(C)(C)c3ccc([nH]3)C(C)(C)c3ccc([nH]3)/C(c3c(F)c(F)c(F)c(F)c3F)=C3\C=CC(=N3)C(C)(C)c3ccc1[nH]3)C=C2. The van der Waals surface area contributed by atoms with Crippen molar-refractivity contribution < 1.29 is 43.9 Å². The van der Waals surface area contributed by atoms with Crippen LogP contribution in [0.4, 0.5) is 43.9 Å². The van der Waals surface area contributed by atoms with Gasteiger partial charge in [0, 0.05) is 78.4 Å². The summed E-state index contributed by atoms with van der Waals surface area (Å²) in [6.45, 7) is 14.6. The largest absolute Gasteiger partial charge is 0.361 e. The van der Waals surface area contributed by atoms with E-state index in [-0.39, 0.29) is 33.9 Å². The number of nitrogens with one attached hydrogen (secondary N) is 4. The third-order valence-electron chi connectivity index (χ3n) is 13.3. The Hall–Kier alpha value is -6.84. The summed E-state index contributed by atoms with van der Waals surface area (Å²) in [7, 11) is 0. The maximum Gasteiger partial charge on any atom is 0.200 e. The number of H-pyrrole nitrogens is 4. The van der Waals surface area contributed by atoms with E-state index in [1.54, 1.807) is 76.2 Å². The van der Waals surface area contributed by atoms with Crippen LogP contribution in [0.25, 0.3) is 11.1 Å². The van der Waals surface area contributed by atoms with Gasteiger partial charge >= 0.3 is 0 Å². The minimum atomic E-state index is -2.30. The van der Waals surface area contributed by atoms with Gasteiger partial charge in [-0.2, -0.15) is 0 Å². The number of hydrogen-bond donors (Lipinski definition) is 4. The van der Waals surface area contributed by atoms with Gasteiger partial charge in [0.2, 0.25) is 11.6 Å². The maximum absolute atomic E-state index is 15.8. The molecule has 0 aliphatic carbocycles. The molecule has 9 rings (SSSR count). The average Bonchev–Trinajstić information content (AvgIpc) is 4.13. The van der Waals surface area contributed by atoms with Crippen molar-refractivity contribution in [2.75, 3.05) is 0 Å². The number of fused-ring (bicyclic) bond motifs is 10. The number of hydrogen-bond acceptors (Lipinski definition) is 2. The molecule has 3 aliphatic heterocycles. The molecular formula is C50H40F10N6. The molecule has 6 nitrogen and oxygen atoms in total. The first kappa shape index (κ1) is 44.4. The second kappa shape index (κ2) is 14.8. The van der Waals surface area contributed by atoms with Gasteiger partial charge in [0.25, 0.3) is 0 Å². The lowest BCUT2D eigenvalue weighted by Crippen LogP contribution is -2.30. The van der Waals surface area contributed by atoms with Gasteiger partial charge in [-0.15, -0.1) is 0 Å². The van der Waals surface area contributed by atoms with Gasteiger partial charge in [-0.25, -0.2) is 43.9 Å². The van der Waals surface area contributed by atoms with Crippen molar-refractivity contribution in [3.05, 3.63) is 199 Å². The van der Waals surface area contributed by atoms with Crippen LogP contribution in [0.2, 0.25) is 0 Å². The molecule has 16 heteroatoms. The van der Waals surface area contributed by atoms with E-state index >= 15 is 17.6 Å². The zero-order valence-electron chi connectivity index (χ0n) is 36.6. The van der Waals surface area contributed by atoms with Crippen LogP contribution >= 0.6 is 0 Å². The molecule has 4 aromatic heterocycles. The Labute approximate surface area is 371 Å². The van der Waals surface area contributed by atoms with Gasteiger partial charge in [0.1, 0.15) is 0 Å². The second-order valence-corrected chi connectivity index (χ2v) is 18.7. The highest BCUT2D eigenvalue weighted by Crippen LogP contribution is 2.43. The normalized spacial score (nSPS) is 20.5. The molecule has 4 N–H and O–H groups in total. The third kappa shape index (κ3) is 6.45. The fourth-order valence-corrected chi connectivity index (χ4v) is 8.77. The summed E-state index contributed by atoms with van der Waals surface area (Å²) in [6, 6.07) is 13.3. The van der Waals surface area contributed by atoms with Crippen LogP contribution in [0.3, 0.4) is 0 Å². The Balaban J connectivity index is 1.29. The predicted octanol–water partition coefficient (Wildman–Crippen LogP) is 12.9. The molecule has 0 fully saturated rings. The van der Waals surface area contributed by atoms with E-state index in [1.165, 1.54) is 24.3 Å². The Bertz CT molecular complexity index is 2990. The summed E-state index contributed by atoms with van der Waals surface area (Å²) >= 11 is 0. The predicted molar refractivity (Wildman–Crippen MR) is 231 cm³/mol. The van der Waals surface area contributed by atoms with Crippen molar-refractivity contribution in [1.29, 1.82) is 0 Å². The number of aliphatic imine (C=N–C) groups is 2. The van der Waals surface area contributed by atoms with Crippen LogP contribution < -0.4 is 0 Å². The van der Waals surface area contributed by atoms with Crippen molar-refractivity contribution in [1.82, 2.24) is 19.9 Å². The third-order valence-corrected chi connectivity index (χ3v) is 13.3. The maximum atomic E-state index is 15.8. The quantitative estimate of drug-likeness (QED) is 0.0758. The van der Waals surface area contributed by atoms with Crippen LogP contribution in [-0.4, -0.2) is 31.4 Å². The van der Waals surface area contributed by atoms with Crippen molar-refractivity contribution in [2.24, 2.45) is 9.98 Å². The summed E-state index contributed by atoms with van der Waals surface area (Å²) in [5.41, 5.74) is -3.05. The molecule has 0 atom stereocenters. The molecule has 0 saturated carbocycles. The Morgan fingerprint density at radius 3 is 0.894 bits per heavy atom. The topological polar surface area (TPSA) is 87.9 Å². The molecule has 0 amide bonds. The molecule has 0 unspecified atom stereocenters. The summed E-state index contributed by atoms with van der Waals surface area (Å²) in [5, 5.41) is 0. The van der Waals surface area contributed by atoms with E-state index in [4.69, 9.17) is 9.98 Å². The van der Waals surface area contributed by atoms with Crippen molar-refractivity contribution in [3.63, 3.8) is 0 Å². The molecule has 0 saturated heterocycles. The zero-order valence-corrected chi connectivity index (χ0v) is 36.6. The number of benzene rings is 2. The number of aromatic nitrogens is 4. The van der Waals surface area contributed by atoms with E-state index in [0.717, 1.165) is 0 Å². The molecule has 7 heterocycles. The molecule has 12 bridgehead atoms. The zero-order chi connectivity index (χ0) is 47.7.